The van der Waals surface area contributed by atoms with Gasteiger partial charge in [-0.3, -0.25) is 9.79 Å². The van der Waals surface area contributed by atoms with Gasteiger partial charge in [0.1, 0.15) is 11.9 Å². The van der Waals surface area contributed by atoms with E-state index in [0.29, 0.717) is 37.8 Å². The molecule has 0 saturated heterocycles. The highest BCUT2D eigenvalue weighted by molar-refractivity contribution is 5.87. The van der Waals surface area contributed by atoms with E-state index in [1.165, 1.54) is 0 Å². The van der Waals surface area contributed by atoms with E-state index >= 15 is 0 Å². The Morgan fingerprint density at radius 3 is 2.84 bits per heavy atom. The predicted octanol–water partition coefficient (Wildman–Crippen LogP) is 4.07. The molecule has 0 saturated carbocycles. The highest BCUT2D eigenvalue weighted by Gasteiger charge is 2.31. The minimum atomic E-state index is -1.02. The molecule has 7 N–H and O–H groups in total. The number of aromatic hydroxyl groups is 1. The van der Waals surface area contributed by atoms with Crippen LogP contribution in [0.1, 0.15) is 86.4 Å². The van der Waals surface area contributed by atoms with E-state index < -0.39 is 24.6 Å². The van der Waals surface area contributed by atoms with Gasteiger partial charge >= 0.3 is 0 Å². The molecule has 0 aromatic heterocycles. The highest BCUT2D eigenvalue weighted by atomic mass is 16.5. The molecule has 5 rings (SSSR count). The molecule has 0 aliphatic carbocycles. The number of phenolic OH excluding ortho intramolecular Hbond substituents is 1. The topological polar surface area (TPSA) is 155 Å². The van der Waals surface area contributed by atoms with Gasteiger partial charge in [0.05, 0.1) is 24.4 Å². The van der Waals surface area contributed by atoms with Gasteiger partial charge in [-0.2, -0.15) is 0 Å². The number of hydrogen-bond donors (Lipinski definition) is 5. The summed E-state index contributed by atoms with van der Waals surface area (Å²) in [6.45, 7) is 2.66. The monoisotopic (exact) mass is 598 g/mol. The Kier molecular flexibility index (Phi) is 10.2. The third-order valence-electron chi connectivity index (χ3n) is 8.38. The molecule has 2 aromatic rings. The number of ether oxygens (including phenoxy) is 1. The van der Waals surface area contributed by atoms with Crippen molar-refractivity contribution in [3.63, 3.8) is 0 Å². The zero-order valence-corrected chi connectivity index (χ0v) is 25.2. The fourth-order valence-corrected chi connectivity index (χ4v) is 5.83. The van der Waals surface area contributed by atoms with Gasteiger partial charge in [-0.15, -0.1) is 0 Å². The number of fused-ring (bicyclic) bond motifs is 2. The quantitative estimate of drug-likeness (QED) is 0.139. The molecule has 44 heavy (non-hydrogen) atoms. The Morgan fingerprint density at radius 2 is 2.05 bits per heavy atom. The maximum absolute atomic E-state index is 12.5. The fraction of sp³-hybridized carbons (Fsp3) is 0.429. The lowest BCUT2D eigenvalue weighted by Crippen LogP contribution is -2.35. The first-order valence-corrected chi connectivity index (χ1v) is 15.4. The predicted molar refractivity (Wildman–Crippen MR) is 170 cm³/mol. The van der Waals surface area contributed by atoms with Crippen molar-refractivity contribution in [3.8, 4) is 23.3 Å². The first kappa shape index (κ1) is 31.5. The van der Waals surface area contributed by atoms with Crippen LogP contribution in [0, 0.1) is 11.8 Å². The summed E-state index contributed by atoms with van der Waals surface area (Å²) in [4.78, 5) is 19.1. The van der Waals surface area contributed by atoms with Crippen LogP contribution in [0.25, 0.3) is 0 Å². The average Bonchev–Trinajstić information content (AvgIpc) is 3.58. The van der Waals surface area contributed by atoms with Crippen LogP contribution in [0.15, 0.2) is 64.4 Å². The molecule has 0 amide bonds. The van der Waals surface area contributed by atoms with Gasteiger partial charge in [0.15, 0.2) is 17.7 Å². The van der Waals surface area contributed by atoms with Crippen molar-refractivity contribution < 1.29 is 24.9 Å². The lowest BCUT2D eigenvalue weighted by molar-refractivity contribution is -0.121. The van der Waals surface area contributed by atoms with Crippen molar-refractivity contribution in [3.05, 3.63) is 81.7 Å². The molecule has 0 spiro atoms. The lowest BCUT2D eigenvalue weighted by atomic mass is 9.92. The molecule has 9 heteroatoms. The molecule has 2 bridgehead atoms. The van der Waals surface area contributed by atoms with Crippen molar-refractivity contribution in [1.82, 2.24) is 4.90 Å². The number of phenols is 1. The number of rotatable bonds is 12. The maximum Gasteiger partial charge on any atom is 0.183 e. The van der Waals surface area contributed by atoms with Gasteiger partial charge in [-0.25, -0.2) is 0 Å². The molecule has 232 valence electrons. The first-order valence-electron chi connectivity index (χ1n) is 15.4. The second kappa shape index (κ2) is 14.2. The average molecular weight is 599 g/mol. The third kappa shape index (κ3) is 7.58. The number of aliphatic imine (C=N–C) groups is 1. The largest absolute Gasteiger partial charge is 0.504 e. The van der Waals surface area contributed by atoms with Crippen LogP contribution in [0.2, 0.25) is 0 Å². The summed E-state index contributed by atoms with van der Waals surface area (Å²) in [7, 11) is 0. The molecule has 2 aromatic carbocycles. The number of ketones is 1. The Morgan fingerprint density at radius 1 is 1.20 bits per heavy atom. The van der Waals surface area contributed by atoms with E-state index in [1.54, 1.807) is 18.2 Å². The van der Waals surface area contributed by atoms with Crippen molar-refractivity contribution in [1.29, 1.82) is 0 Å². The van der Waals surface area contributed by atoms with Crippen LogP contribution in [-0.2, 0) is 17.6 Å². The van der Waals surface area contributed by atoms with Gasteiger partial charge in [0.2, 0.25) is 0 Å². The van der Waals surface area contributed by atoms with E-state index in [1.807, 2.05) is 35.5 Å². The molecule has 3 aliphatic heterocycles. The van der Waals surface area contributed by atoms with E-state index in [0.717, 1.165) is 52.8 Å². The Labute approximate surface area is 258 Å². The number of aryl methyl sites for hydroxylation is 1. The summed E-state index contributed by atoms with van der Waals surface area (Å²) < 4.78 is 6.36. The van der Waals surface area contributed by atoms with Crippen LogP contribution < -0.4 is 16.2 Å². The minimum Gasteiger partial charge on any atom is -0.504 e. The van der Waals surface area contributed by atoms with Crippen LogP contribution in [-0.4, -0.2) is 51.1 Å². The molecule has 9 nitrogen and oxygen atoms in total. The van der Waals surface area contributed by atoms with E-state index in [-0.39, 0.29) is 30.1 Å². The van der Waals surface area contributed by atoms with E-state index in [2.05, 4.69) is 23.8 Å². The summed E-state index contributed by atoms with van der Waals surface area (Å²) in [5.74, 6) is 6.34. The number of Topliss-reactive ketones (excluding diaryl/α,β-unsaturated/α-hetero) is 1. The summed E-state index contributed by atoms with van der Waals surface area (Å²) >= 11 is 0. The number of nitrogens with two attached hydrogens (primary N) is 2. The number of hydrogen-bond acceptors (Lipinski definition) is 9. The number of aliphatic hydroxyl groups excluding tert-OH is 2. The summed E-state index contributed by atoms with van der Waals surface area (Å²) in [6, 6.07) is 10.7. The molecule has 3 atom stereocenters. The zero-order valence-electron chi connectivity index (χ0n) is 25.2. The highest BCUT2D eigenvalue weighted by Crippen LogP contribution is 2.36. The van der Waals surface area contributed by atoms with Crippen molar-refractivity contribution >= 4 is 12.0 Å². The maximum atomic E-state index is 12.5. The van der Waals surface area contributed by atoms with E-state index in [4.69, 9.17) is 16.2 Å². The molecular formula is C35H42N4O5. The normalized spacial score (nSPS) is 19.6. The molecule has 3 aliphatic rings. The number of benzene rings is 2. The van der Waals surface area contributed by atoms with Crippen LogP contribution in [0.4, 0.5) is 0 Å². The van der Waals surface area contributed by atoms with Gasteiger partial charge in [0, 0.05) is 37.4 Å². The van der Waals surface area contributed by atoms with Crippen molar-refractivity contribution in [2.24, 2.45) is 16.5 Å². The van der Waals surface area contributed by atoms with Gasteiger partial charge < -0.3 is 36.4 Å². The Hall–Kier alpha value is -3.94. The van der Waals surface area contributed by atoms with Crippen LogP contribution >= 0.6 is 0 Å². The summed E-state index contributed by atoms with van der Waals surface area (Å²) in [5, 5.41) is 31.9. The fourth-order valence-electron chi connectivity index (χ4n) is 5.83. The SMILES string of the molecule is CCCCCC(O)CC(=O)CCc1ccc(O)c(OC2CC#CC(O)c3ccc(C(N)N)cc3CC3=C4CN2C=C4N=C3)c1. The number of allylic oxidation sites excluding steroid dienone is 1. The third-order valence-corrected chi connectivity index (χ3v) is 8.38. The Balaban J connectivity index is 1.32. The number of carbonyl (C=O) groups excluding carboxylic acids is 1. The molecule has 0 fully saturated rings. The summed E-state index contributed by atoms with van der Waals surface area (Å²) in [6.07, 6.45) is 6.42. The van der Waals surface area contributed by atoms with Crippen LogP contribution in [0.3, 0.4) is 0 Å². The van der Waals surface area contributed by atoms with Crippen LogP contribution in [0.5, 0.6) is 11.5 Å². The second-order valence-corrected chi connectivity index (χ2v) is 11.8. The van der Waals surface area contributed by atoms with Gasteiger partial charge in [-0.05, 0) is 59.2 Å². The number of unbranched alkanes of at least 4 members (excludes halogenated alkanes) is 2. The second-order valence-electron chi connectivity index (χ2n) is 11.8. The number of carbonyl (C=O) groups is 1. The first-order chi connectivity index (χ1) is 21.2. The number of nitrogens with zero attached hydrogens (tertiary/aromatic N) is 2. The molecule has 0 radical (unpaired) electrons. The van der Waals surface area contributed by atoms with Crippen molar-refractivity contribution in [2.45, 2.75) is 89.3 Å². The van der Waals surface area contributed by atoms with Gasteiger partial charge in [0.25, 0.3) is 0 Å². The zero-order chi connectivity index (χ0) is 31.2. The van der Waals surface area contributed by atoms with Gasteiger partial charge in [-0.1, -0.05) is 62.3 Å². The molecule has 3 unspecified atom stereocenters. The number of aliphatic hydroxyl groups is 2. The smallest absolute Gasteiger partial charge is 0.183 e. The molecular weight excluding hydrogens is 556 g/mol. The standard InChI is InChI=1S/C35H42N4O5/c1-2-3-4-6-26(40)18-27(41)12-9-22-10-14-32(43)33(15-22)44-34-8-5-7-31(42)28-13-11-23(35(36)37)16-24(28)17-25-19-38-30-21-39(34)20-29(25)30/h10-11,13-16,19,21,26,31,34-35,40,42-43H,2-4,6,8-9,12,17-18,20,36-37H2,1H3. The molecule has 3 heterocycles. The lowest BCUT2D eigenvalue weighted by Gasteiger charge is -2.28. The Bertz CT molecular complexity index is 1530. The minimum absolute atomic E-state index is 0.0150. The van der Waals surface area contributed by atoms with E-state index in [9.17, 15) is 20.1 Å². The summed E-state index contributed by atoms with van der Waals surface area (Å²) in [5.41, 5.74) is 18.0. The van der Waals surface area contributed by atoms with Crippen molar-refractivity contribution in [2.75, 3.05) is 6.54 Å².